The summed E-state index contributed by atoms with van der Waals surface area (Å²) in [4.78, 5) is 30.2. The normalized spacial score (nSPS) is 13.6. The third-order valence-corrected chi connectivity index (χ3v) is 5.56. The molecule has 0 saturated carbocycles. The quantitative estimate of drug-likeness (QED) is 0.351. The van der Waals surface area contributed by atoms with Gasteiger partial charge >= 0.3 is 35.5 Å². The van der Waals surface area contributed by atoms with E-state index < -0.39 is 5.97 Å². The van der Waals surface area contributed by atoms with Crippen molar-refractivity contribution in [2.45, 2.75) is 6.61 Å². The second-order valence-electron chi connectivity index (χ2n) is 7.69. The van der Waals surface area contributed by atoms with E-state index in [0.29, 0.717) is 34.7 Å². The number of carboxylic acid groups (broad SMARTS) is 1. The van der Waals surface area contributed by atoms with Crippen molar-refractivity contribution in [1.29, 1.82) is 0 Å². The molecule has 6 nitrogen and oxygen atoms in total. The molecule has 1 aliphatic rings. The van der Waals surface area contributed by atoms with E-state index in [2.05, 4.69) is 4.98 Å². The van der Waals surface area contributed by atoms with Crippen molar-refractivity contribution >= 4 is 40.1 Å². The molecule has 0 radical (unpaired) electrons. The van der Waals surface area contributed by atoms with E-state index in [1.807, 2.05) is 66.7 Å². The van der Waals surface area contributed by atoms with Crippen LogP contribution < -0.4 is 39.2 Å². The first-order valence-corrected chi connectivity index (χ1v) is 10.5. The number of ether oxygens (including phenoxy) is 1. The molecule has 3 aromatic carbocycles. The van der Waals surface area contributed by atoms with Crippen LogP contribution >= 0.6 is 0 Å². The Labute approximate surface area is 220 Å². The Balaban J connectivity index is 0.00000171. The van der Waals surface area contributed by atoms with Crippen LogP contribution in [0, 0.1) is 0 Å². The van der Waals surface area contributed by atoms with Gasteiger partial charge in [-0.15, -0.1) is 0 Å². The number of hydrogen-bond acceptors (Lipinski definition) is 4. The minimum absolute atomic E-state index is 0. The van der Waals surface area contributed by atoms with Gasteiger partial charge in [-0.3, -0.25) is 19.5 Å². The van der Waals surface area contributed by atoms with Crippen LogP contribution in [0.5, 0.6) is 5.75 Å². The largest absolute Gasteiger partial charge is 1.00 e. The van der Waals surface area contributed by atoms with Crippen molar-refractivity contribution in [3.05, 3.63) is 102 Å². The molecule has 0 atom stereocenters. The van der Waals surface area contributed by atoms with Gasteiger partial charge in [0.15, 0.2) is 0 Å². The number of hydrogen-bond donors (Lipinski definition) is 1. The van der Waals surface area contributed by atoms with Gasteiger partial charge < -0.3 is 11.3 Å². The number of amides is 1. The number of carboxylic acids is 1. The van der Waals surface area contributed by atoms with Gasteiger partial charge in [0.25, 0.3) is 5.91 Å². The first kappa shape index (κ1) is 23.7. The molecule has 2 heterocycles. The summed E-state index contributed by atoms with van der Waals surface area (Å²) >= 11 is 0. The average molecular weight is 460 g/mol. The average Bonchev–Trinajstić information content (AvgIpc) is 3.10. The van der Waals surface area contributed by atoms with Gasteiger partial charge in [-0.25, -0.2) is 0 Å². The predicted octanol–water partition coefficient (Wildman–Crippen LogP) is 1.90. The number of nitrogens with zero attached hydrogens (tertiary/aromatic N) is 2. The Morgan fingerprint density at radius 1 is 1.00 bits per heavy atom. The third-order valence-electron chi connectivity index (χ3n) is 5.56. The zero-order valence-corrected chi connectivity index (χ0v) is 20.6. The number of fused-ring (bicyclic) bond motifs is 2. The van der Waals surface area contributed by atoms with Gasteiger partial charge in [-0.1, -0.05) is 60.7 Å². The number of anilines is 1. The molecular formula is C27H21N2NaO4. The van der Waals surface area contributed by atoms with Crippen LogP contribution in [-0.2, 0) is 16.2 Å². The van der Waals surface area contributed by atoms with Crippen LogP contribution in [-0.4, -0.2) is 28.5 Å². The van der Waals surface area contributed by atoms with Gasteiger partial charge in [-0.2, -0.15) is 0 Å². The van der Waals surface area contributed by atoms with Crippen molar-refractivity contribution in [2.24, 2.45) is 0 Å². The van der Waals surface area contributed by atoms with Crippen LogP contribution in [0.1, 0.15) is 18.1 Å². The van der Waals surface area contributed by atoms with E-state index in [1.54, 1.807) is 24.4 Å². The number of aliphatic carboxylic acids is 1. The van der Waals surface area contributed by atoms with Gasteiger partial charge in [0.1, 0.15) is 24.4 Å². The predicted molar refractivity (Wildman–Crippen MR) is 128 cm³/mol. The molecule has 0 unspecified atom stereocenters. The molecule has 164 valence electrons. The molecule has 4 aromatic rings. The second kappa shape index (κ2) is 10.2. The zero-order valence-electron chi connectivity index (χ0n) is 19.6. The molecule has 1 amide bonds. The van der Waals surface area contributed by atoms with Gasteiger partial charge in [0, 0.05) is 22.7 Å². The molecule has 0 bridgehead atoms. The molecule has 34 heavy (non-hydrogen) atoms. The molecule has 1 aromatic heterocycles. The summed E-state index contributed by atoms with van der Waals surface area (Å²) in [7, 11) is 0. The first-order chi connectivity index (χ1) is 16.1. The number of carbonyl (C=O) groups is 2. The maximum Gasteiger partial charge on any atom is 1.00 e. The van der Waals surface area contributed by atoms with Crippen LogP contribution in [0.2, 0.25) is 0 Å². The molecule has 0 aliphatic carbocycles. The summed E-state index contributed by atoms with van der Waals surface area (Å²) < 4.78 is 6.04. The van der Waals surface area contributed by atoms with Crippen LogP contribution in [0.3, 0.4) is 0 Å². The minimum Gasteiger partial charge on any atom is -1.00 e. The Kier molecular flexibility index (Phi) is 7.12. The van der Waals surface area contributed by atoms with Gasteiger partial charge in [0.2, 0.25) is 0 Å². The van der Waals surface area contributed by atoms with E-state index in [9.17, 15) is 14.7 Å². The topological polar surface area (TPSA) is 79.7 Å². The van der Waals surface area contributed by atoms with E-state index in [-0.39, 0.29) is 43.4 Å². The van der Waals surface area contributed by atoms with Crippen molar-refractivity contribution < 1.29 is 50.4 Å². The summed E-state index contributed by atoms with van der Waals surface area (Å²) in [5.41, 5.74) is 4.32. The van der Waals surface area contributed by atoms with Crippen molar-refractivity contribution in [1.82, 2.24) is 4.98 Å². The maximum absolute atomic E-state index is 13.1. The van der Waals surface area contributed by atoms with E-state index >= 15 is 0 Å². The molecule has 0 fully saturated rings. The molecule has 0 saturated heterocycles. The molecule has 0 spiro atoms. The second-order valence-corrected chi connectivity index (χ2v) is 7.69. The number of carbonyl (C=O) groups excluding carboxylic acids is 1. The SMILES string of the molecule is O=C(O)CN1C(=O)C(=Cc2ccc(OCc3ccccc3)c3ncccc23)c2ccccc21.[H-].[Na+]. The summed E-state index contributed by atoms with van der Waals surface area (Å²) in [6.07, 6.45) is 3.51. The van der Waals surface area contributed by atoms with Gasteiger partial charge in [0.05, 0.1) is 5.69 Å². The van der Waals surface area contributed by atoms with Crippen molar-refractivity contribution in [2.75, 3.05) is 11.4 Å². The summed E-state index contributed by atoms with van der Waals surface area (Å²) in [5.74, 6) is -0.740. The van der Waals surface area contributed by atoms with Crippen molar-refractivity contribution in [3.63, 3.8) is 0 Å². The number of para-hydroxylation sites is 1. The molecule has 5 rings (SSSR count). The number of aromatic nitrogens is 1. The maximum atomic E-state index is 13.1. The fourth-order valence-corrected chi connectivity index (χ4v) is 4.04. The Bertz CT molecular complexity index is 1410. The smallest absolute Gasteiger partial charge is 1.00 e. The monoisotopic (exact) mass is 460 g/mol. The van der Waals surface area contributed by atoms with Crippen LogP contribution in [0.4, 0.5) is 5.69 Å². The number of rotatable bonds is 6. The summed E-state index contributed by atoms with van der Waals surface area (Å²) in [6, 6.07) is 24.6. The molecule has 7 heteroatoms. The fourth-order valence-electron chi connectivity index (χ4n) is 4.04. The van der Waals surface area contributed by atoms with Crippen molar-refractivity contribution in [3.8, 4) is 5.75 Å². The molecular weight excluding hydrogens is 439 g/mol. The Morgan fingerprint density at radius 3 is 2.56 bits per heavy atom. The minimum atomic E-state index is -1.06. The van der Waals surface area contributed by atoms with E-state index in [0.717, 1.165) is 16.5 Å². The van der Waals surface area contributed by atoms with E-state index in [4.69, 9.17) is 4.74 Å². The van der Waals surface area contributed by atoms with E-state index in [1.165, 1.54) is 4.90 Å². The Hall–Kier alpha value is -3.45. The fraction of sp³-hybridized carbons (Fsp3) is 0.0741. The molecule has 1 N–H and O–H groups in total. The van der Waals surface area contributed by atoms with Crippen LogP contribution in [0.15, 0.2) is 85.1 Å². The summed E-state index contributed by atoms with van der Waals surface area (Å²) in [6.45, 7) is 0.0325. The zero-order chi connectivity index (χ0) is 22.8. The molecule has 1 aliphatic heterocycles. The van der Waals surface area contributed by atoms with Gasteiger partial charge in [-0.05, 0) is 35.4 Å². The third kappa shape index (κ3) is 4.61. The first-order valence-electron chi connectivity index (χ1n) is 10.5. The van der Waals surface area contributed by atoms with Crippen LogP contribution in [0.25, 0.3) is 22.6 Å². The standard InChI is InChI=1S/C27H20N2O4.Na.H/c30-25(31)16-29-23-11-5-4-9-21(23)22(27(29)32)15-19-12-13-24(26-20(19)10-6-14-28-26)33-17-18-7-2-1-3-8-18;;/h1-15H,16-17H2,(H,30,31);;/q;+1;-1. The Morgan fingerprint density at radius 2 is 1.76 bits per heavy atom. The number of pyridine rings is 1. The number of benzene rings is 3. The summed E-state index contributed by atoms with van der Waals surface area (Å²) in [5, 5.41) is 10.1.